The maximum atomic E-state index is 12.4. The van der Waals surface area contributed by atoms with Crippen LogP contribution in [0.4, 0.5) is 0 Å². The molecule has 0 aliphatic heterocycles. The van der Waals surface area contributed by atoms with Crippen molar-refractivity contribution in [3.63, 3.8) is 0 Å². The summed E-state index contributed by atoms with van der Waals surface area (Å²) in [7, 11) is -3.45. The van der Waals surface area contributed by atoms with Gasteiger partial charge in [0.15, 0.2) is 0 Å². The summed E-state index contributed by atoms with van der Waals surface area (Å²) in [6, 6.07) is 3.62. The van der Waals surface area contributed by atoms with E-state index < -0.39 is 10.0 Å². The molecule has 106 valence electrons. The molecule has 1 fully saturated rings. The second-order valence-electron chi connectivity index (χ2n) is 6.11. The number of benzene rings is 1. The summed E-state index contributed by atoms with van der Waals surface area (Å²) in [5.74, 6) is 0. The minimum absolute atomic E-state index is 0.0412. The summed E-state index contributed by atoms with van der Waals surface area (Å²) in [6.07, 6.45) is 0.890. The molecular formula is C14H22N2O2S. The Bertz CT molecular complexity index is 606. The molecule has 0 spiro atoms. The van der Waals surface area contributed by atoms with E-state index in [4.69, 9.17) is 5.73 Å². The van der Waals surface area contributed by atoms with Gasteiger partial charge in [0.1, 0.15) is 0 Å². The van der Waals surface area contributed by atoms with E-state index in [1.165, 1.54) is 0 Å². The SMILES string of the molecule is Cc1cc(C)c(S(=O)(=O)NC2CC2(C)C)cc1CN. The molecule has 1 aromatic carbocycles. The molecule has 1 atom stereocenters. The van der Waals surface area contributed by atoms with Crippen LogP contribution in [0.5, 0.6) is 0 Å². The first-order chi connectivity index (χ1) is 8.67. The Balaban J connectivity index is 2.35. The number of nitrogens with one attached hydrogen (secondary N) is 1. The Morgan fingerprint density at radius 3 is 2.37 bits per heavy atom. The van der Waals surface area contributed by atoms with Crippen LogP contribution in [0.3, 0.4) is 0 Å². The third-order valence-electron chi connectivity index (χ3n) is 3.95. The molecule has 1 aromatic rings. The Kier molecular flexibility index (Phi) is 3.49. The molecule has 1 unspecified atom stereocenters. The molecule has 0 radical (unpaired) electrons. The molecule has 3 N–H and O–H groups in total. The lowest BCUT2D eigenvalue weighted by Crippen LogP contribution is -2.29. The van der Waals surface area contributed by atoms with Crippen LogP contribution in [-0.4, -0.2) is 14.5 Å². The van der Waals surface area contributed by atoms with Gasteiger partial charge in [-0.15, -0.1) is 0 Å². The quantitative estimate of drug-likeness (QED) is 0.885. The lowest BCUT2D eigenvalue weighted by molar-refractivity contribution is 0.554. The molecule has 0 heterocycles. The average Bonchev–Trinajstić information content (AvgIpc) is 2.84. The third-order valence-corrected chi connectivity index (χ3v) is 5.57. The molecule has 4 nitrogen and oxygen atoms in total. The maximum absolute atomic E-state index is 12.4. The lowest BCUT2D eigenvalue weighted by atomic mass is 10.1. The largest absolute Gasteiger partial charge is 0.326 e. The van der Waals surface area contributed by atoms with Gasteiger partial charge in [0.2, 0.25) is 10.0 Å². The topological polar surface area (TPSA) is 72.2 Å². The number of hydrogen-bond donors (Lipinski definition) is 2. The van der Waals surface area contributed by atoms with Gasteiger partial charge in [0.05, 0.1) is 4.90 Å². The van der Waals surface area contributed by atoms with Crippen molar-refractivity contribution in [3.8, 4) is 0 Å². The fourth-order valence-electron chi connectivity index (χ4n) is 2.30. The predicted octanol–water partition coefficient (Wildman–Crippen LogP) is 1.84. The van der Waals surface area contributed by atoms with Crippen LogP contribution < -0.4 is 10.5 Å². The zero-order chi connectivity index (χ0) is 14.4. The van der Waals surface area contributed by atoms with Crippen molar-refractivity contribution in [2.24, 2.45) is 11.1 Å². The summed E-state index contributed by atoms with van der Waals surface area (Å²) in [4.78, 5) is 0.348. The van der Waals surface area contributed by atoms with Crippen LogP contribution in [0.15, 0.2) is 17.0 Å². The minimum atomic E-state index is -3.45. The van der Waals surface area contributed by atoms with Crippen LogP contribution in [0.25, 0.3) is 0 Å². The summed E-state index contributed by atoms with van der Waals surface area (Å²) in [6.45, 7) is 8.24. The molecule has 2 rings (SSSR count). The van der Waals surface area contributed by atoms with Crippen LogP contribution in [-0.2, 0) is 16.6 Å². The Labute approximate surface area is 115 Å². The van der Waals surface area contributed by atoms with Gasteiger partial charge in [-0.2, -0.15) is 0 Å². The van der Waals surface area contributed by atoms with Gasteiger partial charge in [-0.3, -0.25) is 0 Å². The van der Waals surface area contributed by atoms with E-state index in [0.717, 1.165) is 23.1 Å². The molecule has 0 bridgehead atoms. The van der Waals surface area contributed by atoms with E-state index in [2.05, 4.69) is 18.6 Å². The first-order valence-corrected chi connectivity index (χ1v) is 7.98. The molecule has 1 aliphatic carbocycles. The van der Waals surface area contributed by atoms with Crippen LogP contribution in [0, 0.1) is 19.3 Å². The first-order valence-electron chi connectivity index (χ1n) is 6.50. The Morgan fingerprint density at radius 1 is 1.32 bits per heavy atom. The number of aryl methyl sites for hydroxylation is 2. The molecular weight excluding hydrogens is 260 g/mol. The van der Waals surface area contributed by atoms with Gasteiger partial charge in [0.25, 0.3) is 0 Å². The second kappa shape index (κ2) is 4.58. The Morgan fingerprint density at radius 2 is 1.89 bits per heavy atom. The van der Waals surface area contributed by atoms with Crippen LogP contribution in [0.2, 0.25) is 0 Å². The molecule has 0 saturated heterocycles. The van der Waals surface area contributed by atoms with E-state index in [1.54, 1.807) is 6.07 Å². The molecule has 5 heteroatoms. The van der Waals surface area contributed by atoms with Crippen LogP contribution in [0.1, 0.15) is 37.0 Å². The standard InChI is InChI=1S/C14H22N2O2S/c1-9-5-10(2)12(6-11(9)8-15)19(17,18)16-13-7-14(13,3)4/h5-6,13,16H,7-8,15H2,1-4H3. The maximum Gasteiger partial charge on any atom is 0.241 e. The van der Waals surface area contributed by atoms with E-state index in [9.17, 15) is 8.42 Å². The van der Waals surface area contributed by atoms with E-state index in [-0.39, 0.29) is 11.5 Å². The van der Waals surface area contributed by atoms with Gasteiger partial charge >= 0.3 is 0 Å². The van der Waals surface area contributed by atoms with E-state index >= 15 is 0 Å². The second-order valence-corrected chi connectivity index (χ2v) is 7.80. The van der Waals surface area contributed by atoms with Gasteiger partial charge in [-0.05, 0) is 48.4 Å². The smallest absolute Gasteiger partial charge is 0.241 e. The van der Waals surface area contributed by atoms with Gasteiger partial charge in [0, 0.05) is 12.6 Å². The Hall–Kier alpha value is -0.910. The normalized spacial score (nSPS) is 21.4. The highest BCUT2D eigenvalue weighted by molar-refractivity contribution is 7.89. The highest BCUT2D eigenvalue weighted by Gasteiger charge is 2.48. The highest BCUT2D eigenvalue weighted by Crippen LogP contribution is 2.45. The van der Waals surface area contributed by atoms with Crippen molar-refractivity contribution < 1.29 is 8.42 Å². The number of nitrogens with two attached hydrogens (primary N) is 1. The monoisotopic (exact) mass is 282 g/mol. The zero-order valence-corrected chi connectivity index (χ0v) is 12.8. The summed E-state index contributed by atoms with van der Waals surface area (Å²) in [5, 5.41) is 0. The fourth-order valence-corrected chi connectivity index (χ4v) is 3.99. The zero-order valence-electron chi connectivity index (χ0n) is 11.9. The van der Waals surface area contributed by atoms with Crippen molar-refractivity contribution in [2.45, 2.75) is 51.6 Å². The number of hydrogen-bond acceptors (Lipinski definition) is 3. The van der Waals surface area contributed by atoms with Crippen molar-refractivity contribution >= 4 is 10.0 Å². The average molecular weight is 282 g/mol. The lowest BCUT2D eigenvalue weighted by Gasteiger charge is -2.13. The highest BCUT2D eigenvalue weighted by atomic mass is 32.2. The summed E-state index contributed by atoms with van der Waals surface area (Å²) >= 11 is 0. The van der Waals surface area contributed by atoms with Crippen molar-refractivity contribution in [3.05, 3.63) is 28.8 Å². The van der Waals surface area contributed by atoms with Crippen molar-refractivity contribution in [2.75, 3.05) is 0 Å². The summed E-state index contributed by atoms with van der Waals surface area (Å²) < 4.78 is 27.6. The van der Waals surface area contributed by atoms with Gasteiger partial charge in [-0.1, -0.05) is 19.9 Å². The molecule has 1 aliphatic rings. The first kappa shape index (κ1) is 14.5. The number of sulfonamides is 1. The van der Waals surface area contributed by atoms with Gasteiger partial charge in [-0.25, -0.2) is 13.1 Å². The number of rotatable bonds is 4. The van der Waals surface area contributed by atoms with Crippen molar-refractivity contribution in [1.82, 2.24) is 4.72 Å². The minimum Gasteiger partial charge on any atom is -0.326 e. The predicted molar refractivity (Wildman–Crippen MR) is 76.3 cm³/mol. The van der Waals surface area contributed by atoms with E-state index in [1.807, 2.05) is 19.9 Å². The third kappa shape index (κ3) is 2.83. The molecule has 19 heavy (non-hydrogen) atoms. The summed E-state index contributed by atoms with van der Waals surface area (Å²) in [5.41, 5.74) is 8.40. The molecule has 0 amide bonds. The van der Waals surface area contributed by atoms with Crippen molar-refractivity contribution in [1.29, 1.82) is 0 Å². The fraction of sp³-hybridized carbons (Fsp3) is 0.571. The molecule has 0 aromatic heterocycles. The van der Waals surface area contributed by atoms with Gasteiger partial charge < -0.3 is 5.73 Å². The van der Waals surface area contributed by atoms with E-state index in [0.29, 0.717) is 11.4 Å². The van der Waals surface area contributed by atoms with Crippen LogP contribution >= 0.6 is 0 Å². The molecule has 1 saturated carbocycles.